The largest absolute Gasteiger partial charge is 0.508 e. The molecule has 18 heavy (non-hydrogen) atoms. The summed E-state index contributed by atoms with van der Waals surface area (Å²) < 4.78 is 0. The molecule has 2 rings (SSSR count). The fourth-order valence-electron chi connectivity index (χ4n) is 2.04. The van der Waals surface area contributed by atoms with Crippen LogP contribution in [0.3, 0.4) is 0 Å². The van der Waals surface area contributed by atoms with Crippen molar-refractivity contribution in [2.75, 3.05) is 0 Å². The van der Waals surface area contributed by atoms with Gasteiger partial charge in [0.05, 0.1) is 0 Å². The Labute approximate surface area is 108 Å². The number of nitrogens with two attached hydrogens (primary N) is 1. The van der Waals surface area contributed by atoms with Crippen LogP contribution in [0.25, 0.3) is 0 Å². The molecule has 0 bridgehead atoms. The number of benzene rings is 2. The van der Waals surface area contributed by atoms with E-state index in [1.165, 1.54) is 5.56 Å². The van der Waals surface area contributed by atoms with Crippen molar-refractivity contribution in [3.63, 3.8) is 0 Å². The van der Waals surface area contributed by atoms with E-state index in [1.807, 2.05) is 37.3 Å². The molecule has 2 aromatic rings. The molecule has 2 heteroatoms. The molecule has 3 N–H and O–H groups in total. The Bertz CT molecular complexity index is 488. The van der Waals surface area contributed by atoms with Crippen LogP contribution < -0.4 is 5.73 Å². The number of hydrogen-bond donors (Lipinski definition) is 2. The topological polar surface area (TPSA) is 46.2 Å². The van der Waals surface area contributed by atoms with Crippen molar-refractivity contribution in [2.24, 2.45) is 5.73 Å². The molecule has 0 spiro atoms. The Morgan fingerprint density at radius 1 is 1.00 bits per heavy atom. The monoisotopic (exact) mass is 241 g/mol. The first kappa shape index (κ1) is 12.7. The van der Waals surface area contributed by atoms with Gasteiger partial charge < -0.3 is 10.8 Å². The zero-order chi connectivity index (χ0) is 13.0. The van der Waals surface area contributed by atoms with Crippen LogP contribution in [-0.2, 0) is 12.0 Å². The molecule has 0 aromatic heterocycles. The van der Waals surface area contributed by atoms with Crippen LogP contribution in [-0.4, -0.2) is 5.11 Å². The highest BCUT2D eigenvalue weighted by Gasteiger charge is 2.20. The van der Waals surface area contributed by atoms with Crippen LogP contribution in [0.4, 0.5) is 0 Å². The molecule has 94 valence electrons. The third-order valence-electron chi connectivity index (χ3n) is 3.30. The van der Waals surface area contributed by atoms with Crippen molar-refractivity contribution in [3.8, 4) is 5.75 Å². The van der Waals surface area contributed by atoms with E-state index in [0.29, 0.717) is 0 Å². The minimum absolute atomic E-state index is 0.276. The number of rotatable bonds is 4. The minimum atomic E-state index is -0.371. The zero-order valence-electron chi connectivity index (χ0n) is 10.6. The normalized spacial score (nSPS) is 14.1. The second kappa shape index (κ2) is 5.23. The van der Waals surface area contributed by atoms with Gasteiger partial charge in [-0.3, -0.25) is 0 Å². The van der Waals surface area contributed by atoms with E-state index >= 15 is 0 Å². The predicted octanol–water partition coefficient (Wildman–Crippen LogP) is 3.20. The Morgan fingerprint density at radius 3 is 2.22 bits per heavy atom. The average molecular weight is 241 g/mol. The van der Waals surface area contributed by atoms with E-state index in [1.54, 1.807) is 12.1 Å². The van der Waals surface area contributed by atoms with Gasteiger partial charge in [0.2, 0.25) is 0 Å². The first-order valence-electron chi connectivity index (χ1n) is 6.20. The highest BCUT2D eigenvalue weighted by molar-refractivity contribution is 5.30. The van der Waals surface area contributed by atoms with Crippen LogP contribution in [0, 0.1) is 0 Å². The molecule has 2 aromatic carbocycles. The maximum absolute atomic E-state index is 9.29. The number of hydrogen-bond acceptors (Lipinski definition) is 2. The Hall–Kier alpha value is -1.80. The molecule has 0 amide bonds. The number of phenolic OH excluding ortho intramolecular Hbond substituents is 1. The molecule has 0 aliphatic rings. The first-order valence-corrected chi connectivity index (χ1v) is 6.20. The van der Waals surface area contributed by atoms with Gasteiger partial charge in [0.25, 0.3) is 0 Å². The molecule has 0 heterocycles. The fraction of sp³-hybridized carbons (Fsp3) is 0.250. The molecule has 0 fully saturated rings. The van der Waals surface area contributed by atoms with Gasteiger partial charge in [0.1, 0.15) is 5.75 Å². The average Bonchev–Trinajstić information content (AvgIpc) is 2.38. The summed E-state index contributed by atoms with van der Waals surface area (Å²) in [6, 6.07) is 17.5. The predicted molar refractivity (Wildman–Crippen MR) is 74.4 cm³/mol. The lowest BCUT2D eigenvalue weighted by molar-refractivity contribution is 0.448. The van der Waals surface area contributed by atoms with Crippen LogP contribution in [0.5, 0.6) is 5.75 Å². The lowest BCUT2D eigenvalue weighted by atomic mass is 9.87. The maximum atomic E-state index is 9.29. The van der Waals surface area contributed by atoms with Crippen molar-refractivity contribution >= 4 is 0 Å². The van der Waals surface area contributed by atoms with Crippen molar-refractivity contribution in [3.05, 3.63) is 65.7 Å². The number of phenols is 1. The molecule has 1 unspecified atom stereocenters. The van der Waals surface area contributed by atoms with Crippen molar-refractivity contribution in [1.29, 1.82) is 0 Å². The van der Waals surface area contributed by atoms with Crippen LogP contribution >= 0.6 is 0 Å². The molecule has 1 atom stereocenters. The maximum Gasteiger partial charge on any atom is 0.115 e. The SMILES string of the molecule is CC(N)(CCc1ccccc1)c1ccc(O)cc1. The van der Waals surface area contributed by atoms with Crippen LogP contribution in [0.2, 0.25) is 0 Å². The molecular formula is C16H19NO. The Morgan fingerprint density at radius 2 is 1.61 bits per heavy atom. The second-order valence-corrected chi connectivity index (χ2v) is 4.95. The van der Waals surface area contributed by atoms with E-state index in [4.69, 9.17) is 5.73 Å². The first-order chi connectivity index (χ1) is 8.58. The molecule has 0 aliphatic carbocycles. The third-order valence-corrected chi connectivity index (χ3v) is 3.30. The summed E-state index contributed by atoms with van der Waals surface area (Å²) in [6.07, 6.45) is 1.83. The molecular weight excluding hydrogens is 222 g/mol. The standard InChI is InChI=1S/C16H19NO/c1-16(17,14-7-9-15(18)10-8-14)12-11-13-5-3-2-4-6-13/h2-10,18H,11-12,17H2,1H3. The highest BCUT2D eigenvalue weighted by Crippen LogP contribution is 2.25. The van der Waals surface area contributed by atoms with Gasteiger partial charge in [-0.05, 0) is 43.0 Å². The van der Waals surface area contributed by atoms with E-state index < -0.39 is 0 Å². The summed E-state index contributed by atoms with van der Waals surface area (Å²) in [7, 11) is 0. The summed E-state index contributed by atoms with van der Waals surface area (Å²) in [5.74, 6) is 0.276. The van der Waals surface area contributed by atoms with Crippen LogP contribution in [0.15, 0.2) is 54.6 Å². The van der Waals surface area contributed by atoms with E-state index in [2.05, 4.69) is 12.1 Å². The molecule has 0 saturated heterocycles. The lowest BCUT2D eigenvalue weighted by Gasteiger charge is -2.25. The number of aryl methyl sites for hydroxylation is 1. The Balaban J connectivity index is 2.05. The summed E-state index contributed by atoms with van der Waals surface area (Å²) >= 11 is 0. The van der Waals surface area contributed by atoms with Gasteiger partial charge in [-0.25, -0.2) is 0 Å². The third kappa shape index (κ3) is 3.11. The lowest BCUT2D eigenvalue weighted by Crippen LogP contribution is -2.33. The molecule has 2 nitrogen and oxygen atoms in total. The Kier molecular flexibility index (Phi) is 3.68. The van der Waals surface area contributed by atoms with Gasteiger partial charge in [-0.15, -0.1) is 0 Å². The van der Waals surface area contributed by atoms with E-state index in [0.717, 1.165) is 18.4 Å². The quantitative estimate of drug-likeness (QED) is 0.863. The van der Waals surface area contributed by atoms with Crippen molar-refractivity contribution < 1.29 is 5.11 Å². The second-order valence-electron chi connectivity index (χ2n) is 4.95. The van der Waals surface area contributed by atoms with Crippen molar-refractivity contribution in [2.45, 2.75) is 25.3 Å². The summed E-state index contributed by atoms with van der Waals surface area (Å²) in [4.78, 5) is 0. The van der Waals surface area contributed by atoms with Gasteiger partial charge in [-0.1, -0.05) is 42.5 Å². The molecule has 0 saturated carbocycles. The van der Waals surface area contributed by atoms with Gasteiger partial charge in [0.15, 0.2) is 0 Å². The van der Waals surface area contributed by atoms with Crippen molar-refractivity contribution in [1.82, 2.24) is 0 Å². The van der Waals surface area contributed by atoms with Gasteiger partial charge in [-0.2, -0.15) is 0 Å². The minimum Gasteiger partial charge on any atom is -0.508 e. The van der Waals surface area contributed by atoms with Gasteiger partial charge >= 0.3 is 0 Å². The highest BCUT2D eigenvalue weighted by atomic mass is 16.3. The zero-order valence-corrected chi connectivity index (χ0v) is 10.6. The summed E-state index contributed by atoms with van der Waals surface area (Å²) in [5, 5.41) is 9.29. The van der Waals surface area contributed by atoms with E-state index in [-0.39, 0.29) is 11.3 Å². The smallest absolute Gasteiger partial charge is 0.115 e. The van der Waals surface area contributed by atoms with Crippen LogP contribution in [0.1, 0.15) is 24.5 Å². The summed E-state index contributed by atoms with van der Waals surface area (Å²) in [5.41, 5.74) is 8.33. The molecule has 0 aliphatic heterocycles. The van der Waals surface area contributed by atoms with E-state index in [9.17, 15) is 5.11 Å². The summed E-state index contributed by atoms with van der Waals surface area (Å²) in [6.45, 7) is 2.03. The number of aromatic hydroxyl groups is 1. The molecule has 0 radical (unpaired) electrons. The fourth-order valence-corrected chi connectivity index (χ4v) is 2.04. The van der Waals surface area contributed by atoms with Gasteiger partial charge in [0, 0.05) is 5.54 Å².